The number of hydrogen-bond donors (Lipinski definition) is 1. The van der Waals surface area contributed by atoms with Crippen LogP contribution in [0.3, 0.4) is 0 Å². The van der Waals surface area contributed by atoms with E-state index in [1.807, 2.05) is 11.8 Å². The zero-order chi connectivity index (χ0) is 13.4. The highest BCUT2D eigenvalue weighted by Gasteiger charge is 2.14. The smallest absolute Gasteiger partial charge is 0.130 e. The highest BCUT2D eigenvalue weighted by molar-refractivity contribution is 7.98. The molecule has 0 radical (unpaired) electrons. The summed E-state index contributed by atoms with van der Waals surface area (Å²) in [5.41, 5.74) is 0.140. The second-order valence-electron chi connectivity index (χ2n) is 4.36. The average Bonchev–Trinajstić information content (AvgIpc) is 2.33. The van der Waals surface area contributed by atoms with Crippen LogP contribution in [-0.4, -0.2) is 18.6 Å². The van der Waals surface area contributed by atoms with E-state index in [1.165, 1.54) is 30.4 Å². The van der Waals surface area contributed by atoms with Crippen LogP contribution in [0.1, 0.15) is 37.8 Å². The molecule has 0 amide bonds. The van der Waals surface area contributed by atoms with Crippen molar-refractivity contribution in [3.63, 3.8) is 0 Å². The van der Waals surface area contributed by atoms with Crippen molar-refractivity contribution < 1.29 is 8.78 Å². The van der Waals surface area contributed by atoms with Gasteiger partial charge in [0.15, 0.2) is 0 Å². The Morgan fingerprint density at radius 2 is 1.83 bits per heavy atom. The molecule has 0 aliphatic rings. The van der Waals surface area contributed by atoms with E-state index in [2.05, 4.69) is 11.6 Å². The van der Waals surface area contributed by atoms with Crippen LogP contribution in [0.25, 0.3) is 0 Å². The summed E-state index contributed by atoms with van der Waals surface area (Å²) in [7, 11) is 0. The first-order valence-electron chi connectivity index (χ1n) is 6.33. The second kappa shape index (κ2) is 8.48. The van der Waals surface area contributed by atoms with Gasteiger partial charge in [-0.1, -0.05) is 12.5 Å². The standard InChI is InChI=1S/C14H21F2NS/c1-11(17-9-4-3-5-10-18-2)14-12(15)7-6-8-13(14)16/h6-8,11,17H,3-5,9-10H2,1-2H3. The molecular formula is C14H21F2NS. The summed E-state index contributed by atoms with van der Waals surface area (Å²) in [6, 6.07) is 3.71. The SMILES string of the molecule is CSCCCCCNC(C)c1c(F)cccc1F. The van der Waals surface area contributed by atoms with Crippen molar-refractivity contribution in [3.8, 4) is 0 Å². The summed E-state index contributed by atoms with van der Waals surface area (Å²) < 4.78 is 27.0. The molecular weight excluding hydrogens is 252 g/mol. The number of unbranched alkanes of at least 4 members (excludes halogenated alkanes) is 2. The number of rotatable bonds is 8. The number of thioether (sulfide) groups is 1. The Balaban J connectivity index is 2.34. The predicted molar refractivity (Wildman–Crippen MR) is 75.0 cm³/mol. The van der Waals surface area contributed by atoms with Gasteiger partial charge in [-0.05, 0) is 50.5 Å². The maximum atomic E-state index is 13.5. The van der Waals surface area contributed by atoms with Crippen LogP contribution in [0.5, 0.6) is 0 Å². The van der Waals surface area contributed by atoms with Gasteiger partial charge in [0.2, 0.25) is 0 Å². The fourth-order valence-corrected chi connectivity index (χ4v) is 2.39. The van der Waals surface area contributed by atoms with Crippen molar-refractivity contribution in [2.45, 2.75) is 32.2 Å². The summed E-state index contributed by atoms with van der Waals surface area (Å²) in [6.45, 7) is 2.59. The van der Waals surface area contributed by atoms with Gasteiger partial charge < -0.3 is 5.32 Å². The molecule has 1 aromatic carbocycles. The van der Waals surface area contributed by atoms with E-state index >= 15 is 0 Å². The zero-order valence-electron chi connectivity index (χ0n) is 11.0. The first-order valence-corrected chi connectivity index (χ1v) is 7.72. The molecule has 1 nitrogen and oxygen atoms in total. The Labute approximate surface area is 112 Å². The molecule has 102 valence electrons. The van der Waals surface area contributed by atoms with Crippen LogP contribution in [0.2, 0.25) is 0 Å². The fraction of sp³-hybridized carbons (Fsp3) is 0.571. The van der Waals surface area contributed by atoms with Gasteiger partial charge in [0.25, 0.3) is 0 Å². The highest BCUT2D eigenvalue weighted by atomic mass is 32.2. The largest absolute Gasteiger partial charge is 0.310 e. The third-order valence-corrected chi connectivity index (χ3v) is 3.61. The van der Waals surface area contributed by atoms with Crippen LogP contribution in [0.15, 0.2) is 18.2 Å². The van der Waals surface area contributed by atoms with Gasteiger partial charge in [0.05, 0.1) is 0 Å². The van der Waals surface area contributed by atoms with Gasteiger partial charge in [0, 0.05) is 11.6 Å². The van der Waals surface area contributed by atoms with E-state index < -0.39 is 11.6 Å². The molecule has 18 heavy (non-hydrogen) atoms. The Morgan fingerprint density at radius 3 is 2.44 bits per heavy atom. The molecule has 1 aromatic rings. The van der Waals surface area contributed by atoms with E-state index in [1.54, 1.807) is 6.92 Å². The average molecular weight is 273 g/mol. The molecule has 1 atom stereocenters. The van der Waals surface area contributed by atoms with Crippen LogP contribution >= 0.6 is 11.8 Å². The van der Waals surface area contributed by atoms with Gasteiger partial charge in [-0.25, -0.2) is 8.78 Å². The molecule has 1 N–H and O–H groups in total. The number of nitrogens with one attached hydrogen (secondary N) is 1. The molecule has 0 aromatic heterocycles. The van der Waals surface area contributed by atoms with E-state index in [4.69, 9.17) is 0 Å². The first kappa shape index (κ1) is 15.4. The van der Waals surface area contributed by atoms with Gasteiger partial charge in [-0.15, -0.1) is 0 Å². The second-order valence-corrected chi connectivity index (χ2v) is 5.35. The molecule has 0 aliphatic heterocycles. The van der Waals surface area contributed by atoms with Crippen LogP contribution < -0.4 is 5.32 Å². The minimum absolute atomic E-state index is 0.140. The van der Waals surface area contributed by atoms with Crippen molar-refractivity contribution in [1.29, 1.82) is 0 Å². The van der Waals surface area contributed by atoms with Crippen LogP contribution in [0.4, 0.5) is 8.78 Å². The predicted octanol–water partition coefficient (Wildman–Crippen LogP) is 4.15. The van der Waals surface area contributed by atoms with E-state index in [-0.39, 0.29) is 11.6 Å². The molecule has 0 heterocycles. The van der Waals surface area contributed by atoms with Gasteiger partial charge in [-0.3, -0.25) is 0 Å². The van der Waals surface area contributed by atoms with Crippen molar-refractivity contribution >= 4 is 11.8 Å². The highest BCUT2D eigenvalue weighted by Crippen LogP contribution is 2.20. The summed E-state index contributed by atoms with van der Waals surface area (Å²) in [6.07, 6.45) is 5.49. The maximum Gasteiger partial charge on any atom is 0.130 e. The molecule has 1 rings (SSSR count). The molecule has 0 bridgehead atoms. The van der Waals surface area contributed by atoms with E-state index in [9.17, 15) is 8.78 Å². The number of benzene rings is 1. The Bertz CT molecular complexity index is 337. The van der Waals surface area contributed by atoms with Gasteiger partial charge in [0.1, 0.15) is 11.6 Å². The van der Waals surface area contributed by atoms with Crippen molar-refractivity contribution in [1.82, 2.24) is 5.32 Å². The van der Waals surface area contributed by atoms with E-state index in [0.29, 0.717) is 0 Å². The minimum atomic E-state index is -0.475. The van der Waals surface area contributed by atoms with Gasteiger partial charge in [-0.2, -0.15) is 11.8 Å². The van der Waals surface area contributed by atoms with Crippen LogP contribution in [0, 0.1) is 11.6 Å². The Hall–Kier alpha value is -0.610. The van der Waals surface area contributed by atoms with Crippen molar-refractivity contribution in [2.75, 3.05) is 18.6 Å². The monoisotopic (exact) mass is 273 g/mol. The molecule has 0 saturated carbocycles. The summed E-state index contributed by atoms with van der Waals surface area (Å²) in [5, 5.41) is 3.17. The van der Waals surface area contributed by atoms with Gasteiger partial charge >= 0.3 is 0 Å². The normalized spacial score (nSPS) is 12.7. The topological polar surface area (TPSA) is 12.0 Å². The third-order valence-electron chi connectivity index (χ3n) is 2.91. The fourth-order valence-electron chi connectivity index (χ4n) is 1.89. The zero-order valence-corrected chi connectivity index (χ0v) is 11.8. The molecule has 1 unspecified atom stereocenters. The molecule has 0 aliphatic carbocycles. The van der Waals surface area contributed by atoms with Crippen molar-refractivity contribution in [2.24, 2.45) is 0 Å². The first-order chi connectivity index (χ1) is 8.66. The maximum absolute atomic E-state index is 13.5. The van der Waals surface area contributed by atoms with E-state index in [0.717, 1.165) is 19.4 Å². The molecule has 4 heteroatoms. The lowest BCUT2D eigenvalue weighted by atomic mass is 10.1. The summed E-state index contributed by atoms with van der Waals surface area (Å²) >= 11 is 1.85. The molecule has 0 spiro atoms. The summed E-state index contributed by atoms with van der Waals surface area (Å²) in [4.78, 5) is 0. The Kier molecular flexibility index (Phi) is 7.28. The Morgan fingerprint density at radius 1 is 1.17 bits per heavy atom. The minimum Gasteiger partial charge on any atom is -0.310 e. The third kappa shape index (κ3) is 4.94. The number of hydrogen-bond acceptors (Lipinski definition) is 2. The lowest BCUT2D eigenvalue weighted by molar-refractivity contribution is 0.480. The molecule has 0 saturated heterocycles. The summed E-state index contributed by atoms with van der Waals surface area (Å²) in [5.74, 6) is 0.229. The molecule has 0 fully saturated rings. The number of halogens is 2. The lowest BCUT2D eigenvalue weighted by Crippen LogP contribution is -2.21. The van der Waals surface area contributed by atoms with Crippen molar-refractivity contribution in [3.05, 3.63) is 35.4 Å². The lowest BCUT2D eigenvalue weighted by Gasteiger charge is -2.15. The van der Waals surface area contributed by atoms with Crippen LogP contribution in [-0.2, 0) is 0 Å². The quantitative estimate of drug-likeness (QED) is 0.714.